The van der Waals surface area contributed by atoms with Crippen molar-refractivity contribution in [2.45, 2.75) is 26.3 Å². The topological polar surface area (TPSA) is 67.4 Å². The molecule has 2 aromatic rings. The number of hydrogen-bond acceptors (Lipinski definition) is 3. The van der Waals surface area contributed by atoms with Crippen LogP contribution in [-0.4, -0.2) is 31.5 Å². The van der Waals surface area contributed by atoms with Crippen LogP contribution in [0.3, 0.4) is 0 Å². The maximum atomic E-state index is 12.1. The van der Waals surface area contributed by atoms with Crippen molar-refractivity contribution in [2.75, 3.05) is 13.7 Å². The molecule has 2 aromatic carbocycles. The third kappa shape index (κ3) is 5.35. The molecule has 2 amide bonds. The van der Waals surface area contributed by atoms with E-state index in [0.29, 0.717) is 11.3 Å². The van der Waals surface area contributed by atoms with E-state index < -0.39 is 0 Å². The zero-order valence-electron chi connectivity index (χ0n) is 14.8. The van der Waals surface area contributed by atoms with Gasteiger partial charge in [0.1, 0.15) is 5.75 Å². The molecule has 0 spiro atoms. The van der Waals surface area contributed by atoms with Crippen molar-refractivity contribution in [2.24, 2.45) is 0 Å². The second-order valence-corrected chi connectivity index (χ2v) is 5.96. The lowest BCUT2D eigenvalue weighted by atomic mass is 10.0. The number of rotatable bonds is 7. The molecule has 2 rings (SSSR count). The minimum atomic E-state index is -0.246. The Kier molecular flexibility index (Phi) is 6.57. The van der Waals surface area contributed by atoms with Crippen molar-refractivity contribution in [3.05, 3.63) is 65.2 Å². The molecule has 0 aromatic heterocycles. The molecule has 0 aliphatic heterocycles. The SMILES string of the molecule is CNC(=O)c1ccccc1OCC(=O)NC(C)Cc1ccccc1C. The van der Waals surface area contributed by atoms with E-state index in [9.17, 15) is 9.59 Å². The summed E-state index contributed by atoms with van der Waals surface area (Å²) in [6.07, 6.45) is 0.757. The van der Waals surface area contributed by atoms with Gasteiger partial charge in [0, 0.05) is 13.1 Å². The van der Waals surface area contributed by atoms with E-state index in [4.69, 9.17) is 4.74 Å². The zero-order valence-corrected chi connectivity index (χ0v) is 14.8. The number of aryl methyl sites for hydroxylation is 1. The largest absolute Gasteiger partial charge is 0.483 e. The Hall–Kier alpha value is -2.82. The highest BCUT2D eigenvalue weighted by Crippen LogP contribution is 2.17. The third-order valence-corrected chi connectivity index (χ3v) is 3.91. The molecular formula is C20H24N2O3. The van der Waals surface area contributed by atoms with Crippen molar-refractivity contribution >= 4 is 11.8 Å². The third-order valence-electron chi connectivity index (χ3n) is 3.91. The van der Waals surface area contributed by atoms with Crippen LogP contribution in [0.4, 0.5) is 0 Å². The molecule has 1 unspecified atom stereocenters. The van der Waals surface area contributed by atoms with Crippen LogP contribution < -0.4 is 15.4 Å². The monoisotopic (exact) mass is 340 g/mol. The molecule has 0 aliphatic rings. The summed E-state index contributed by atoms with van der Waals surface area (Å²) < 4.78 is 5.52. The van der Waals surface area contributed by atoms with Crippen molar-refractivity contribution in [3.8, 4) is 5.75 Å². The maximum Gasteiger partial charge on any atom is 0.258 e. The van der Waals surface area contributed by atoms with Crippen LogP contribution in [0.15, 0.2) is 48.5 Å². The van der Waals surface area contributed by atoms with Gasteiger partial charge in [-0.2, -0.15) is 0 Å². The summed E-state index contributed by atoms with van der Waals surface area (Å²) in [7, 11) is 1.55. The Morgan fingerprint density at radius 3 is 2.48 bits per heavy atom. The maximum absolute atomic E-state index is 12.1. The Morgan fingerprint density at radius 2 is 1.76 bits per heavy atom. The molecule has 5 nitrogen and oxygen atoms in total. The van der Waals surface area contributed by atoms with Crippen LogP contribution >= 0.6 is 0 Å². The van der Waals surface area contributed by atoms with Gasteiger partial charge in [-0.05, 0) is 43.5 Å². The average molecular weight is 340 g/mol. The molecule has 0 fully saturated rings. The van der Waals surface area contributed by atoms with Crippen LogP contribution in [0.1, 0.15) is 28.4 Å². The van der Waals surface area contributed by atoms with Gasteiger partial charge < -0.3 is 15.4 Å². The molecule has 0 aliphatic carbocycles. The Bertz CT molecular complexity index is 743. The number of nitrogens with one attached hydrogen (secondary N) is 2. The molecule has 0 bridgehead atoms. The van der Waals surface area contributed by atoms with Gasteiger partial charge in [-0.1, -0.05) is 36.4 Å². The number of para-hydroxylation sites is 1. The molecule has 132 valence electrons. The first-order valence-corrected chi connectivity index (χ1v) is 8.29. The lowest BCUT2D eigenvalue weighted by Gasteiger charge is -2.16. The van der Waals surface area contributed by atoms with Gasteiger partial charge in [0.05, 0.1) is 5.56 Å². The Balaban J connectivity index is 1.89. The summed E-state index contributed by atoms with van der Waals surface area (Å²) in [5.41, 5.74) is 2.83. The highest BCUT2D eigenvalue weighted by atomic mass is 16.5. The van der Waals surface area contributed by atoms with Gasteiger partial charge in [-0.15, -0.1) is 0 Å². The lowest BCUT2D eigenvalue weighted by Crippen LogP contribution is -2.37. The Morgan fingerprint density at radius 1 is 1.08 bits per heavy atom. The van der Waals surface area contributed by atoms with Crippen LogP contribution in [0, 0.1) is 6.92 Å². The molecule has 0 heterocycles. The quantitative estimate of drug-likeness (QED) is 0.814. The number of carbonyl (C=O) groups excluding carboxylic acids is 2. The van der Waals surface area contributed by atoms with E-state index in [1.807, 2.05) is 19.1 Å². The van der Waals surface area contributed by atoms with E-state index in [-0.39, 0.29) is 24.5 Å². The molecule has 1 atom stereocenters. The molecular weight excluding hydrogens is 316 g/mol. The van der Waals surface area contributed by atoms with Crippen LogP contribution in [0.5, 0.6) is 5.75 Å². The number of benzene rings is 2. The summed E-state index contributed by atoms with van der Waals surface area (Å²) in [4.78, 5) is 23.9. The van der Waals surface area contributed by atoms with Gasteiger partial charge in [-0.3, -0.25) is 9.59 Å². The fraction of sp³-hybridized carbons (Fsp3) is 0.300. The number of carbonyl (C=O) groups is 2. The zero-order chi connectivity index (χ0) is 18.2. The normalized spacial score (nSPS) is 11.5. The summed E-state index contributed by atoms with van der Waals surface area (Å²) in [5, 5.41) is 5.48. The van der Waals surface area contributed by atoms with Crippen LogP contribution in [-0.2, 0) is 11.2 Å². The van der Waals surface area contributed by atoms with Gasteiger partial charge >= 0.3 is 0 Å². The number of amides is 2. The minimum Gasteiger partial charge on any atom is -0.483 e. The van der Waals surface area contributed by atoms with E-state index in [1.165, 1.54) is 11.1 Å². The molecule has 5 heteroatoms. The first-order valence-electron chi connectivity index (χ1n) is 8.29. The molecule has 0 radical (unpaired) electrons. The summed E-state index contributed by atoms with van der Waals surface area (Å²) >= 11 is 0. The average Bonchev–Trinajstić information content (AvgIpc) is 2.61. The smallest absolute Gasteiger partial charge is 0.258 e. The number of hydrogen-bond donors (Lipinski definition) is 2. The van der Waals surface area contributed by atoms with Gasteiger partial charge in [0.15, 0.2) is 6.61 Å². The standard InChI is InChI=1S/C20H24N2O3/c1-14-8-4-5-9-16(14)12-15(2)22-19(23)13-25-18-11-7-6-10-17(18)20(24)21-3/h4-11,15H,12-13H2,1-3H3,(H,21,24)(H,22,23). The summed E-state index contributed by atoms with van der Waals surface area (Å²) in [5.74, 6) is -0.0692. The predicted octanol–water partition coefficient (Wildman–Crippen LogP) is 2.48. The van der Waals surface area contributed by atoms with Gasteiger partial charge in [-0.25, -0.2) is 0 Å². The number of ether oxygens (including phenoxy) is 1. The fourth-order valence-corrected chi connectivity index (χ4v) is 2.59. The molecule has 0 saturated heterocycles. The fourth-order valence-electron chi connectivity index (χ4n) is 2.59. The highest BCUT2D eigenvalue weighted by Gasteiger charge is 2.13. The second kappa shape index (κ2) is 8.87. The van der Waals surface area contributed by atoms with Crippen molar-refractivity contribution in [1.29, 1.82) is 0 Å². The van der Waals surface area contributed by atoms with Gasteiger partial charge in [0.2, 0.25) is 0 Å². The van der Waals surface area contributed by atoms with Crippen LogP contribution in [0.2, 0.25) is 0 Å². The van der Waals surface area contributed by atoms with Crippen molar-refractivity contribution in [3.63, 3.8) is 0 Å². The first kappa shape index (κ1) is 18.5. The van der Waals surface area contributed by atoms with Gasteiger partial charge in [0.25, 0.3) is 11.8 Å². The molecule has 0 saturated carbocycles. The van der Waals surface area contributed by atoms with E-state index >= 15 is 0 Å². The van der Waals surface area contributed by atoms with E-state index in [2.05, 4.69) is 29.7 Å². The summed E-state index contributed by atoms with van der Waals surface area (Å²) in [6.45, 7) is 3.89. The first-order chi connectivity index (χ1) is 12.0. The minimum absolute atomic E-state index is 0.00798. The lowest BCUT2D eigenvalue weighted by molar-refractivity contribution is -0.123. The van der Waals surface area contributed by atoms with Crippen LogP contribution in [0.25, 0.3) is 0 Å². The summed E-state index contributed by atoms with van der Waals surface area (Å²) in [6, 6.07) is 15.0. The Labute approximate surface area is 148 Å². The second-order valence-electron chi connectivity index (χ2n) is 5.96. The molecule has 25 heavy (non-hydrogen) atoms. The van der Waals surface area contributed by atoms with E-state index in [1.54, 1.807) is 31.3 Å². The predicted molar refractivity (Wildman–Crippen MR) is 97.8 cm³/mol. The van der Waals surface area contributed by atoms with Crippen molar-refractivity contribution < 1.29 is 14.3 Å². The van der Waals surface area contributed by atoms with Crippen molar-refractivity contribution in [1.82, 2.24) is 10.6 Å². The van der Waals surface area contributed by atoms with E-state index in [0.717, 1.165) is 6.42 Å². The highest BCUT2D eigenvalue weighted by molar-refractivity contribution is 5.96. The molecule has 2 N–H and O–H groups in total.